The second kappa shape index (κ2) is 27.3. The molecular weight excluding hydrogens is 1050 g/mol. The van der Waals surface area contributed by atoms with Crippen molar-refractivity contribution in [2.24, 2.45) is 0 Å². The van der Waals surface area contributed by atoms with E-state index in [4.69, 9.17) is 0 Å². The lowest BCUT2D eigenvalue weighted by atomic mass is 9.12. The van der Waals surface area contributed by atoms with Gasteiger partial charge in [-0.2, -0.15) is 0 Å². The monoisotopic (exact) mass is 1100 g/mol. The maximum Gasteiger partial charge on any atom is 0.200 e. The van der Waals surface area contributed by atoms with Gasteiger partial charge in [-0.15, -0.1) is 21.9 Å². The number of rotatable bonds is 23. The van der Waals surface area contributed by atoms with Gasteiger partial charge in [0.15, 0.2) is 88.7 Å². The Morgan fingerprint density at radius 1 is 0.276 bits per heavy atom. The first-order valence-corrected chi connectivity index (χ1v) is 24.3. The Balaban J connectivity index is 0.000000301. The molecule has 0 unspecified atom stereocenters. The van der Waals surface area contributed by atoms with Crippen molar-refractivity contribution in [1.82, 2.24) is 0 Å². The van der Waals surface area contributed by atoms with Crippen LogP contribution in [0.2, 0.25) is 0 Å². The summed E-state index contributed by atoms with van der Waals surface area (Å²) in [6, 6.07) is 15.5. The van der Waals surface area contributed by atoms with Gasteiger partial charge in [-0.05, 0) is 18.4 Å². The molecule has 1 heterocycles. The van der Waals surface area contributed by atoms with Gasteiger partial charge < -0.3 is 0 Å². The van der Waals surface area contributed by atoms with E-state index in [-0.39, 0.29) is 0 Å². The lowest BCUT2D eigenvalue weighted by molar-refractivity contribution is -0.688. The highest BCUT2D eigenvalue weighted by Crippen LogP contribution is 2.31. The van der Waals surface area contributed by atoms with Gasteiger partial charge in [-0.3, -0.25) is 0 Å². The van der Waals surface area contributed by atoms with Crippen LogP contribution < -0.4 is 26.4 Å². The molecule has 0 saturated heterocycles. The van der Waals surface area contributed by atoms with Gasteiger partial charge in [0, 0.05) is 17.7 Å². The van der Waals surface area contributed by atoms with Crippen LogP contribution in [0.5, 0.6) is 0 Å². The average molecular weight is 1100 g/mol. The first-order valence-electron chi connectivity index (χ1n) is 24.3. The number of hydrogen-bond donors (Lipinski definition) is 0. The van der Waals surface area contributed by atoms with Gasteiger partial charge in [-0.25, -0.2) is 92.4 Å². The van der Waals surface area contributed by atoms with Crippen molar-refractivity contribution >= 4 is 28.0 Å². The number of unbranched alkanes of at least 4 members (excludes halogenated alkanes) is 15. The highest BCUT2D eigenvalue weighted by Gasteiger charge is 2.52. The summed E-state index contributed by atoms with van der Waals surface area (Å²) in [4.78, 5) is 0. The first-order chi connectivity index (χ1) is 36.1. The quantitative estimate of drug-likeness (QED) is 0.0150. The number of aryl methyl sites for hydroxylation is 1. The van der Waals surface area contributed by atoms with Crippen LogP contribution in [0.25, 0.3) is 0 Å². The fourth-order valence-electron chi connectivity index (χ4n) is 9.31. The fraction of sp³-hybridized carbons (Fsp3) is 0.352. The van der Waals surface area contributed by atoms with E-state index in [2.05, 4.69) is 66.3 Å². The molecule has 0 aliphatic carbocycles. The molecule has 0 saturated carbocycles. The first kappa shape index (κ1) is 60.8. The van der Waals surface area contributed by atoms with Crippen molar-refractivity contribution in [3.05, 3.63) is 182 Å². The number of halogens is 20. The number of aromatic nitrogens is 1. The standard InChI is InChI=1S/C30H48N.C24BF20/c1-2-3-4-5-6-7-8-9-10-11-12-13-14-15-16-18-21-29-22-24-30(25-23-29)28-31-26-19-17-20-27-31;26-5-1(6(27)14(35)21(42)13(5)34)25(2-7(28)15(36)22(43)16(37)8(2)29,3-9(30)17(38)23(44)18(39)10(3)31)4-11(32)19(40)24(45)20(41)12(4)33/h17,19-20,22-27H,2-16,18,21,28H2,1H3;/q+1;-1. The summed E-state index contributed by atoms with van der Waals surface area (Å²) < 4.78 is 296. The largest absolute Gasteiger partial charge is 0.207 e. The third-order valence-electron chi connectivity index (χ3n) is 13.2. The highest BCUT2D eigenvalue weighted by molar-refractivity contribution is 7.20. The molecule has 0 radical (unpaired) electrons. The fourth-order valence-corrected chi connectivity index (χ4v) is 9.31. The van der Waals surface area contributed by atoms with E-state index < -0.39 is 144 Å². The molecule has 0 N–H and O–H groups in total. The minimum Gasteiger partial charge on any atom is -0.207 e. The van der Waals surface area contributed by atoms with Crippen molar-refractivity contribution in [3.63, 3.8) is 0 Å². The van der Waals surface area contributed by atoms with Crippen LogP contribution in [-0.2, 0) is 13.0 Å². The number of hydrogen-bond acceptors (Lipinski definition) is 0. The molecular formula is C54H48BF20N. The normalized spacial score (nSPS) is 11.6. The third-order valence-corrected chi connectivity index (χ3v) is 13.2. The molecule has 0 amide bonds. The van der Waals surface area contributed by atoms with Crippen LogP contribution in [-0.4, -0.2) is 6.15 Å². The van der Waals surface area contributed by atoms with E-state index in [1.165, 1.54) is 120 Å². The zero-order valence-electron chi connectivity index (χ0n) is 40.5. The smallest absolute Gasteiger partial charge is 0.200 e. The van der Waals surface area contributed by atoms with E-state index in [9.17, 15) is 52.7 Å². The maximum absolute atomic E-state index is 15.4. The topological polar surface area (TPSA) is 3.88 Å². The molecule has 0 fully saturated rings. The van der Waals surface area contributed by atoms with Gasteiger partial charge in [0.05, 0.1) is 0 Å². The molecule has 0 spiro atoms. The van der Waals surface area contributed by atoms with Crippen molar-refractivity contribution < 1.29 is 92.4 Å². The molecule has 0 aliphatic heterocycles. The Morgan fingerprint density at radius 3 is 0.763 bits per heavy atom. The van der Waals surface area contributed by atoms with Crippen LogP contribution in [0.15, 0.2) is 54.9 Å². The van der Waals surface area contributed by atoms with Crippen molar-refractivity contribution in [3.8, 4) is 0 Å². The lowest BCUT2D eigenvalue weighted by Crippen LogP contribution is -2.81. The highest BCUT2D eigenvalue weighted by atomic mass is 19.2. The minimum atomic E-state index is -7.22. The molecule has 412 valence electrons. The van der Waals surface area contributed by atoms with Crippen molar-refractivity contribution in [2.45, 2.75) is 123 Å². The predicted molar refractivity (Wildman–Crippen MR) is 245 cm³/mol. The van der Waals surface area contributed by atoms with Crippen LogP contribution in [0, 0.1) is 116 Å². The van der Waals surface area contributed by atoms with Crippen LogP contribution in [0.1, 0.15) is 121 Å². The summed E-state index contributed by atoms with van der Waals surface area (Å²) in [6.07, 6.45) is 21.3. The molecule has 1 nitrogen and oxygen atoms in total. The van der Waals surface area contributed by atoms with E-state index in [1.54, 1.807) is 0 Å². The molecule has 0 aliphatic rings. The van der Waals surface area contributed by atoms with E-state index in [1.807, 2.05) is 0 Å². The second-order valence-corrected chi connectivity index (χ2v) is 18.2. The van der Waals surface area contributed by atoms with Gasteiger partial charge in [-0.1, -0.05) is 134 Å². The van der Waals surface area contributed by atoms with Crippen molar-refractivity contribution in [1.29, 1.82) is 0 Å². The Hall–Kier alpha value is -6.09. The zero-order valence-corrected chi connectivity index (χ0v) is 40.5. The van der Waals surface area contributed by atoms with Crippen LogP contribution >= 0.6 is 0 Å². The number of pyridine rings is 1. The summed E-state index contributed by atoms with van der Waals surface area (Å²) in [7, 11) is 0. The van der Waals surface area contributed by atoms with Crippen LogP contribution in [0.3, 0.4) is 0 Å². The molecule has 6 rings (SSSR count). The third kappa shape index (κ3) is 12.8. The Morgan fingerprint density at radius 2 is 0.500 bits per heavy atom. The second-order valence-electron chi connectivity index (χ2n) is 18.2. The summed E-state index contributed by atoms with van der Waals surface area (Å²) in [5.41, 5.74) is -11.5. The average Bonchev–Trinajstić information content (AvgIpc) is 3.41. The molecule has 6 aromatic rings. The van der Waals surface area contributed by atoms with Gasteiger partial charge in [0.2, 0.25) is 0 Å². The summed E-state index contributed by atoms with van der Waals surface area (Å²) in [5.74, 6) is -71.4. The summed E-state index contributed by atoms with van der Waals surface area (Å²) in [6.45, 7) is 3.26. The Bertz CT molecular complexity index is 2570. The molecule has 1 aromatic heterocycles. The minimum absolute atomic E-state index is 0.958. The maximum atomic E-state index is 15.4. The molecule has 22 heteroatoms. The summed E-state index contributed by atoms with van der Waals surface area (Å²) in [5, 5.41) is 0. The van der Waals surface area contributed by atoms with Gasteiger partial charge in [0.25, 0.3) is 0 Å². The summed E-state index contributed by atoms with van der Waals surface area (Å²) >= 11 is 0. The van der Waals surface area contributed by atoms with Gasteiger partial charge >= 0.3 is 0 Å². The zero-order chi connectivity index (χ0) is 56.2. The van der Waals surface area contributed by atoms with Gasteiger partial charge in [0.1, 0.15) is 52.7 Å². The SMILES string of the molecule is CCCCCCCCCCCCCCCCCCc1ccc(C[n+]2ccccc2)cc1.Fc1c(F)c(F)c([B-](c2c(F)c(F)c(F)c(F)c2F)(c2c(F)c(F)c(F)c(F)c2F)c2c(F)c(F)c(F)c(F)c2F)c(F)c1F. The number of benzene rings is 5. The van der Waals surface area contributed by atoms with E-state index in [0.717, 1.165) is 6.54 Å². The predicted octanol–water partition coefficient (Wildman–Crippen LogP) is 14.7. The molecule has 0 atom stereocenters. The lowest BCUT2D eigenvalue weighted by Gasteiger charge is -2.44. The number of nitrogens with zero attached hydrogens (tertiary/aromatic N) is 1. The van der Waals surface area contributed by atoms with E-state index in [0.29, 0.717) is 0 Å². The molecule has 76 heavy (non-hydrogen) atoms. The van der Waals surface area contributed by atoms with Crippen LogP contribution in [0.4, 0.5) is 87.8 Å². The molecule has 5 aromatic carbocycles. The van der Waals surface area contributed by atoms with Crippen molar-refractivity contribution in [2.75, 3.05) is 0 Å². The Labute approximate surface area is 424 Å². The molecule has 0 bridgehead atoms. The Kier molecular flexibility index (Phi) is 21.8. The van der Waals surface area contributed by atoms with E-state index >= 15 is 35.1 Å².